The SMILES string of the molecule is CCNC(=O)NC(=O)[C@@H](C)OC(=O)/C=C/c1ccc(Cl)cc1Cl. The average Bonchev–Trinajstić information content (AvgIpc) is 2.46. The molecule has 0 aliphatic heterocycles. The van der Waals surface area contributed by atoms with Gasteiger partial charge in [-0.15, -0.1) is 0 Å². The number of carbonyl (C=O) groups is 3. The Morgan fingerprint density at radius 1 is 1.30 bits per heavy atom. The Kier molecular flexibility index (Phi) is 7.57. The van der Waals surface area contributed by atoms with Crippen LogP contribution in [-0.4, -0.2) is 30.6 Å². The van der Waals surface area contributed by atoms with E-state index in [0.29, 0.717) is 22.2 Å². The van der Waals surface area contributed by atoms with E-state index < -0.39 is 24.0 Å². The Balaban J connectivity index is 2.56. The molecule has 0 aliphatic carbocycles. The second-order valence-electron chi connectivity index (χ2n) is 4.43. The second kappa shape index (κ2) is 9.17. The minimum Gasteiger partial charge on any atom is -0.449 e. The van der Waals surface area contributed by atoms with E-state index in [9.17, 15) is 14.4 Å². The van der Waals surface area contributed by atoms with Crippen LogP contribution in [-0.2, 0) is 14.3 Å². The molecule has 0 aliphatic rings. The van der Waals surface area contributed by atoms with Crippen LogP contribution in [0.2, 0.25) is 10.0 Å². The number of nitrogens with one attached hydrogen (secondary N) is 2. The van der Waals surface area contributed by atoms with E-state index in [-0.39, 0.29) is 0 Å². The van der Waals surface area contributed by atoms with Crippen LogP contribution in [0.15, 0.2) is 24.3 Å². The minimum atomic E-state index is -1.12. The molecular weight excluding hydrogens is 343 g/mol. The van der Waals surface area contributed by atoms with Crippen LogP contribution in [0.5, 0.6) is 0 Å². The van der Waals surface area contributed by atoms with Crippen molar-refractivity contribution in [1.82, 2.24) is 10.6 Å². The molecule has 2 N–H and O–H groups in total. The van der Waals surface area contributed by atoms with Crippen molar-refractivity contribution >= 4 is 47.2 Å². The number of imide groups is 1. The summed E-state index contributed by atoms with van der Waals surface area (Å²) < 4.78 is 4.89. The van der Waals surface area contributed by atoms with Gasteiger partial charge in [0.1, 0.15) is 0 Å². The molecule has 1 atom stereocenters. The topological polar surface area (TPSA) is 84.5 Å². The smallest absolute Gasteiger partial charge is 0.331 e. The number of hydrogen-bond acceptors (Lipinski definition) is 4. The first-order valence-corrected chi connectivity index (χ1v) is 7.51. The Morgan fingerprint density at radius 2 is 2.00 bits per heavy atom. The standard InChI is InChI=1S/C15H16Cl2N2O4/c1-3-18-15(22)19-14(21)9(2)23-13(20)7-5-10-4-6-11(16)8-12(10)17/h4-9H,3H2,1-2H3,(H2,18,19,21,22)/b7-5+/t9-/m1/s1. The number of carbonyl (C=O) groups excluding carboxylic acids is 3. The van der Waals surface area contributed by atoms with Crippen LogP contribution in [0.4, 0.5) is 4.79 Å². The van der Waals surface area contributed by atoms with Gasteiger partial charge in [0.25, 0.3) is 5.91 Å². The summed E-state index contributed by atoms with van der Waals surface area (Å²) in [4.78, 5) is 34.5. The summed E-state index contributed by atoms with van der Waals surface area (Å²) in [5.41, 5.74) is 0.576. The number of urea groups is 1. The van der Waals surface area contributed by atoms with Gasteiger partial charge < -0.3 is 10.1 Å². The molecule has 6 nitrogen and oxygen atoms in total. The van der Waals surface area contributed by atoms with E-state index >= 15 is 0 Å². The van der Waals surface area contributed by atoms with Crippen molar-refractivity contribution in [3.63, 3.8) is 0 Å². The van der Waals surface area contributed by atoms with Crippen LogP contribution in [0.3, 0.4) is 0 Å². The van der Waals surface area contributed by atoms with Gasteiger partial charge in [-0.25, -0.2) is 9.59 Å². The molecule has 3 amide bonds. The molecule has 1 aromatic rings. The van der Waals surface area contributed by atoms with E-state index in [2.05, 4.69) is 5.32 Å². The minimum absolute atomic E-state index is 0.373. The summed E-state index contributed by atoms with van der Waals surface area (Å²) in [5, 5.41) is 5.30. The summed E-state index contributed by atoms with van der Waals surface area (Å²) in [6, 6.07) is 4.15. The second-order valence-corrected chi connectivity index (χ2v) is 5.27. The highest BCUT2D eigenvalue weighted by Gasteiger charge is 2.18. The van der Waals surface area contributed by atoms with Gasteiger partial charge in [0.15, 0.2) is 6.10 Å². The molecule has 0 saturated carbocycles. The third-order valence-corrected chi connectivity index (χ3v) is 3.16. The lowest BCUT2D eigenvalue weighted by Gasteiger charge is -2.11. The normalized spacial score (nSPS) is 11.8. The predicted octanol–water partition coefficient (Wildman–Crippen LogP) is 2.78. The summed E-state index contributed by atoms with van der Waals surface area (Å²) in [5.74, 6) is -1.46. The molecule has 0 unspecified atom stereocenters. The molecule has 0 spiro atoms. The molecule has 8 heteroatoms. The fraction of sp³-hybridized carbons (Fsp3) is 0.267. The monoisotopic (exact) mass is 358 g/mol. The molecule has 0 bridgehead atoms. The fourth-order valence-electron chi connectivity index (χ4n) is 1.48. The van der Waals surface area contributed by atoms with Crippen molar-refractivity contribution in [3.8, 4) is 0 Å². The number of halogens is 2. The highest BCUT2D eigenvalue weighted by atomic mass is 35.5. The van der Waals surface area contributed by atoms with Crippen LogP contribution in [0.1, 0.15) is 19.4 Å². The first-order chi connectivity index (χ1) is 10.8. The highest BCUT2D eigenvalue weighted by Crippen LogP contribution is 2.21. The summed E-state index contributed by atoms with van der Waals surface area (Å²) in [6.07, 6.45) is 1.45. The quantitative estimate of drug-likeness (QED) is 0.626. The summed E-state index contributed by atoms with van der Waals surface area (Å²) in [7, 11) is 0. The van der Waals surface area contributed by atoms with Gasteiger partial charge in [-0.3, -0.25) is 10.1 Å². The lowest BCUT2D eigenvalue weighted by molar-refractivity contribution is -0.149. The van der Waals surface area contributed by atoms with E-state index in [0.717, 1.165) is 6.08 Å². The molecule has 1 rings (SSSR count). The maximum Gasteiger partial charge on any atom is 0.331 e. The van der Waals surface area contributed by atoms with Gasteiger partial charge in [-0.2, -0.15) is 0 Å². The highest BCUT2D eigenvalue weighted by molar-refractivity contribution is 6.35. The van der Waals surface area contributed by atoms with E-state index in [1.807, 2.05) is 5.32 Å². The Labute approximate surface area is 143 Å². The number of ether oxygens (including phenoxy) is 1. The van der Waals surface area contributed by atoms with Crippen LogP contribution in [0, 0.1) is 0 Å². The van der Waals surface area contributed by atoms with Crippen molar-refractivity contribution in [2.75, 3.05) is 6.54 Å². The van der Waals surface area contributed by atoms with Gasteiger partial charge in [-0.1, -0.05) is 29.3 Å². The average molecular weight is 359 g/mol. The lowest BCUT2D eigenvalue weighted by Crippen LogP contribution is -2.44. The fourth-order valence-corrected chi connectivity index (χ4v) is 1.95. The maximum absolute atomic E-state index is 11.7. The Bertz CT molecular complexity index is 632. The van der Waals surface area contributed by atoms with Crippen molar-refractivity contribution < 1.29 is 19.1 Å². The molecule has 23 heavy (non-hydrogen) atoms. The molecule has 124 valence electrons. The van der Waals surface area contributed by atoms with Gasteiger partial charge in [0, 0.05) is 22.7 Å². The van der Waals surface area contributed by atoms with Crippen LogP contribution < -0.4 is 10.6 Å². The zero-order valence-electron chi connectivity index (χ0n) is 12.6. The Hall–Kier alpha value is -2.05. The number of amides is 3. The van der Waals surface area contributed by atoms with Gasteiger partial charge in [-0.05, 0) is 37.6 Å². The van der Waals surface area contributed by atoms with Crippen molar-refractivity contribution in [2.45, 2.75) is 20.0 Å². The summed E-state index contributed by atoms with van der Waals surface area (Å²) in [6.45, 7) is 3.44. The zero-order valence-corrected chi connectivity index (χ0v) is 14.1. The Morgan fingerprint density at radius 3 is 2.61 bits per heavy atom. The maximum atomic E-state index is 11.7. The number of benzene rings is 1. The van der Waals surface area contributed by atoms with Gasteiger partial charge in [0.2, 0.25) is 0 Å². The van der Waals surface area contributed by atoms with Crippen LogP contribution in [0.25, 0.3) is 6.08 Å². The van der Waals surface area contributed by atoms with Crippen molar-refractivity contribution in [2.24, 2.45) is 0 Å². The molecule has 0 radical (unpaired) electrons. The largest absolute Gasteiger partial charge is 0.449 e. The number of esters is 1. The van der Waals surface area contributed by atoms with Crippen molar-refractivity contribution in [3.05, 3.63) is 39.9 Å². The first kappa shape index (κ1) is 19.0. The predicted molar refractivity (Wildman–Crippen MR) is 88.3 cm³/mol. The molecular formula is C15H16Cl2N2O4. The molecule has 0 aromatic heterocycles. The third kappa shape index (κ3) is 6.71. The lowest BCUT2D eigenvalue weighted by atomic mass is 10.2. The van der Waals surface area contributed by atoms with Crippen LogP contribution >= 0.6 is 23.2 Å². The molecule has 0 heterocycles. The molecule has 0 saturated heterocycles. The van der Waals surface area contributed by atoms with Crippen molar-refractivity contribution in [1.29, 1.82) is 0 Å². The van der Waals surface area contributed by atoms with Gasteiger partial charge in [0.05, 0.1) is 0 Å². The zero-order chi connectivity index (χ0) is 17.4. The van der Waals surface area contributed by atoms with E-state index in [1.165, 1.54) is 19.1 Å². The summed E-state index contributed by atoms with van der Waals surface area (Å²) >= 11 is 11.7. The number of rotatable bonds is 5. The number of hydrogen-bond donors (Lipinski definition) is 2. The van der Waals surface area contributed by atoms with E-state index in [4.69, 9.17) is 27.9 Å². The first-order valence-electron chi connectivity index (χ1n) is 6.76. The third-order valence-electron chi connectivity index (χ3n) is 2.60. The molecule has 1 aromatic carbocycles. The molecule has 0 fully saturated rings. The van der Waals surface area contributed by atoms with E-state index in [1.54, 1.807) is 19.1 Å². The van der Waals surface area contributed by atoms with Gasteiger partial charge >= 0.3 is 12.0 Å².